The minimum absolute atomic E-state index is 0.0182. The monoisotopic (exact) mass is 329 g/mol. The van der Waals surface area contributed by atoms with Gasteiger partial charge in [-0.1, -0.05) is 29.8 Å². The molecule has 0 saturated carbocycles. The van der Waals surface area contributed by atoms with E-state index in [1.165, 1.54) is 6.07 Å². The van der Waals surface area contributed by atoms with Crippen molar-refractivity contribution in [1.82, 2.24) is 5.32 Å². The van der Waals surface area contributed by atoms with Crippen LogP contribution in [-0.2, 0) is 4.74 Å². The Balaban J connectivity index is 2.62. The lowest BCUT2D eigenvalue weighted by molar-refractivity contribution is 0.0918. The number of carbonyl (C=O) groups is 1. The number of carbonyl (C=O) groups excluding carboxylic acids is 1. The van der Waals surface area contributed by atoms with Gasteiger partial charge in [-0.25, -0.2) is 0 Å². The molecule has 4 nitrogen and oxygen atoms in total. The Labute approximate surface area is 122 Å². The minimum Gasteiger partial charge on any atom is -0.507 e. The molecule has 0 radical (unpaired) electrons. The molecular formula is C14H20BrNO3. The summed E-state index contributed by atoms with van der Waals surface area (Å²) >= 11 is 3.28. The van der Waals surface area contributed by atoms with Gasteiger partial charge in [-0.3, -0.25) is 4.79 Å². The molecule has 1 aromatic carbocycles. The number of halogens is 1. The van der Waals surface area contributed by atoms with E-state index in [4.69, 9.17) is 4.74 Å². The zero-order valence-electron chi connectivity index (χ0n) is 11.5. The normalized spacial score (nSPS) is 11.4. The molecule has 0 aliphatic heterocycles. The molecule has 19 heavy (non-hydrogen) atoms. The van der Waals surface area contributed by atoms with Gasteiger partial charge in [-0.2, -0.15) is 0 Å². The van der Waals surface area contributed by atoms with Crippen molar-refractivity contribution in [2.45, 2.75) is 20.3 Å². The Bertz CT molecular complexity index is 446. The minimum atomic E-state index is -0.274. The van der Waals surface area contributed by atoms with Gasteiger partial charge >= 0.3 is 0 Å². The number of amides is 1. The topological polar surface area (TPSA) is 58.6 Å². The quantitative estimate of drug-likeness (QED) is 0.843. The van der Waals surface area contributed by atoms with Crippen LogP contribution in [0.15, 0.2) is 22.7 Å². The third-order valence-corrected chi connectivity index (χ3v) is 3.41. The number of nitrogens with one attached hydrogen (secondary N) is 1. The Kier molecular flexibility index (Phi) is 5.82. The first-order valence-corrected chi connectivity index (χ1v) is 6.91. The number of hydrogen-bond acceptors (Lipinski definition) is 3. The first-order chi connectivity index (χ1) is 8.85. The highest BCUT2D eigenvalue weighted by Gasteiger charge is 2.20. The van der Waals surface area contributed by atoms with Crippen LogP contribution in [0.4, 0.5) is 0 Å². The van der Waals surface area contributed by atoms with Crippen molar-refractivity contribution in [3.05, 3.63) is 28.2 Å². The molecule has 1 aromatic rings. The fourth-order valence-electron chi connectivity index (χ4n) is 1.57. The Morgan fingerprint density at radius 2 is 2.16 bits per heavy atom. The zero-order valence-corrected chi connectivity index (χ0v) is 13.1. The molecule has 0 aliphatic carbocycles. The average molecular weight is 330 g/mol. The zero-order chi connectivity index (χ0) is 14.5. The lowest BCUT2D eigenvalue weighted by Crippen LogP contribution is -2.34. The van der Waals surface area contributed by atoms with Crippen LogP contribution in [0.2, 0.25) is 0 Å². The van der Waals surface area contributed by atoms with Crippen LogP contribution in [0, 0.1) is 5.41 Å². The van der Waals surface area contributed by atoms with Crippen molar-refractivity contribution < 1.29 is 14.6 Å². The number of phenols is 1. The number of aromatic hydroxyl groups is 1. The van der Waals surface area contributed by atoms with E-state index in [9.17, 15) is 9.90 Å². The summed E-state index contributed by atoms with van der Waals surface area (Å²) < 4.78 is 5.80. The Morgan fingerprint density at radius 3 is 2.79 bits per heavy atom. The molecule has 1 amide bonds. The molecule has 1 rings (SSSR count). The number of phenolic OH excluding ortho intramolecular Hbond substituents is 1. The molecule has 0 atom stereocenters. The van der Waals surface area contributed by atoms with Gasteiger partial charge < -0.3 is 15.2 Å². The van der Waals surface area contributed by atoms with E-state index < -0.39 is 0 Å². The third kappa shape index (κ3) is 5.20. The van der Waals surface area contributed by atoms with Gasteiger partial charge in [0.2, 0.25) is 0 Å². The maximum atomic E-state index is 12.0. The van der Waals surface area contributed by atoms with Gasteiger partial charge in [0.15, 0.2) is 0 Å². The molecule has 0 unspecified atom stereocenters. The van der Waals surface area contributed by atoms with Crippen molar-refractivity contribution in [1.29, 1.82) is 0 Å². The first-order valence-electron chi connectivity index (χ1n) is 6.11. The van der Waals surface area contributed by atoms with E-state index in [1.807, 2.05) is 0 Å². The van der Waals surface area contributed by atoms with Crippen LogP contribution >= 0.6 is 15.9 Å². The van der Waals surface area contributed by atoms with Gasteiger partial charge in [-0.05, 0) is 30.0 Å². The maximum absolute atomic E-state index is 12.0. The SMILES string of the molecule is COCCC(C)(C)CNC(=O)c1cc(Br)ccc1O. The molecule has 0 aromatic heterocycles. The molecule has 0 spiro atoms. The van der Waals surface area contributed by atoms with Crippen LogP contribution in [-0.4, -0.2) is 31.3 Å². The first kappa shape index (κ1) is 16.0. The second kappa shape index (κ2) is 6.91. The molecule has 2 N–H and O–H groups in total. The molecule has 0 heterocycles. The lowest BCUT2D eigenvalue weighted by atomic mass is 9.89. The number of rotatable bonds is 6. The van der Waals surface area contributed by atoms with Gasteiger partial charge in [-0.15, -0.1) is 0 Å². The van der Waals surface area contributed by atoms with E-state index in [0.29, 0.717) is 13.2 Å². The van der Waals surface area contributed by atoms with E-state index in [2.05, 4.69) is 35.1 Å². The van der Waals surface area contributed by atoms with Gasteiger partial charge in [0.05, 0.1) is 5.56 Å². The lowest BCUT2D eigenvalue weighted by Gasteiger charge is -2.24. The molecule has 0 fully saturated rings. The predicted octanol–water partition coefficient (Wildman–Crippen LogP) is 2.95. The number of methoxy groups -OCH3 is 1. The molecule has 5 heteroatoms. The summed E-state index contributed by atoms with van der Waals surface area (Å²) in [6.45, 7) is 5.31. The molecule has 0 bridgehead atoms. The maximum Gasteiger partial charge on any atom is 0.255 e. The van der Waals surface area contributed by atoms with Gasteiger partial charge in [0.1, 0.15) is 5.75 Å². The second-order valence-corrected chi connectivity index (χ2v) is 6.17. The fourth-order valence-corrected chi connectivity index (χ4v) is 1.93. The second-order valence-electron chi connectivity index (χ2n) is 5.25. The highest BCUT2D eigenvalue weighted by atomic mass is 79.9. The fraction of sp³-hybridized carbons (Fsp3) is 0.500. The number of benzene rings is 1. The molecule has 106 valence electrons. The summed E-state index contributed by atoms with van der Waals surface area (Å²) in [4.78, 5) is 12.0. The van der Waals surface area contributed by atoms with E-state index in [0.717, 1.165) is 10.9 Å². The van der Waals surface area contributed by atoms with Crippen molar-refractivity contribution in [2.24, 2.45) is 5.41 Å². The van der Waals surface area contributed by atoms with Crippen molar-refractivity contribution >= 4 is 21.8 Å². The van der Waals surface area contributed by atoms with Crippen LogP contribution in [0.1, 0.15) is 30.6 Å². The highest BCUT2D eigenvalue weighted by Crippen LogP contribution is 2.23. The van der Waals surface area contributed by atoms with Crippen LogP contribution in [0.5, 0.6) is 5.75 Å². The average Bonchev–Trinajstić information content (AvgIpc) is 2.36. The summed E-state index contributed by atoms with van der Waals surface area (Å²) in [5.41, 5.74) is 0.227. The van der Waals surface area contributed by atoms with Crippen molar-refractivity contribution in [3.63, 3.8) is 0 Å². The summed E-state index contributed by atoms with van der Waals surface area (Å²) in [5.74, 6) is -0.292. The molecule has 0 aliphatic rings. The molecular weight excluding hydrogens is 310 g/mol. The van der Waals surface area contributed by atoms with E-state index in [-0.39, 0.29) is 22.6 Å². The van der Waals surface area contributed by atoms with Crippen molar-refractivity contribution in [2.75, 3.05) is 20.3 Å². The Hall–Kier alpha value is -1.07. The summed E-state index contributed by atoms with van der Waals surface area (Å²) in [7, 11) is 1.66. The number of hydrogen-bond donors (Lipinski definition) is 2. The largest absolute Gasteiger partial charge is 0.507 e. The number of ether oxygens (including phenoxy) is 1. The van der Waals surface area contributed by atoms with E-state index >= 15 is 0 Å². The van der Waals surface area contributed by atoms with Crippen LogP contribution in [0.25, 0.3) is 0 Å². The molecule has 0 saturated heterocycles. The van der Waals surface area contributed by atoms with E-state index in [1.54, 1.807) is 19.2 Å². The van der Waals surface area contributed by atoms with Crippen molar-refractivity contribution in [3.8, 4) is 5.75 Å². The summed E-state index contributed by atoms with van der Waals surface area (Å²) in [6, 6.07) is 4.79. The summed E-state index contributed by atoms with van der Waals surface area (Å²) in [6.07, 6.45) is 0.855. The van der Waals surface area contributed by atoms with Crippen LogP contribution < -0.4 is 5.32 Å². The van der Waals surface area contributed by atoms with Gasteiger partial charge in [0.25, 0.3) is 5.91 Å². The van der Waals surface area contributed by atoms with Gasteiger partial charge in [0, 0.05) is 24.7 Å². The van der Waals surface area contributed by atoms with Crippen LogP contribution in [0.3, 0.4) is 0 Å². The predicted molar refractivity (Wildman–Crippen MR) is 78.4 cm³/mol. The summed E-state index contributed by atoms with van der Waals surface area (Å²) in [5, 5.41) is 12.5. The Morgan fingerprint density at radius 1 is 1.47 bits per heavy atom. The smallest absolute Gasteiger partial charge is 0.255 e. The standard InChI is InChI=1S/C14H20BrNO3/c1-14(2,6-7-19-3)9-16-13(18)11-8-10(15)4-5-12(11)17/h4-5,8,17H,6-7,9H2,1-3H3,(H,16,18). The third-order valence-electron chi connectivity index (χ3n) is 2.91. The highest BCUT2D eigenvalue weighted by molar-refractivity contribution is 9.10.